The highest BCUT2D eigenvalue weighted by Gasteiger charge is 2.28. The zero-order chi connectivity index (χ0) is 12.5. The molecule has 0 bridgehead atoms. The van der Waals surface area contributed by atoms with Gasteiger partial charge >= 0.3 is 0 Å². The largest absolute Gasteiger partial charge is 0.396 e. The van der Waals surface area contributed by atoms with Crippen molar-refractivity contribution in [3.63, 3.8) is 0 Å². The van der Waals surface area contributed by atoms with Crippen molar-refractivity contribution in [1.82, 2.24) is 4.98 Å². The van der Waals surface area contributed by atoms with Gasteiger partial charge in [0.25, 0.3) is 0 Å². The number of rotatable bonds is 2. The van der Waals surface area contributed by atoms with Crippen molar-refractivity contribution in [3.8, 4) is 0 Å². The lowest BCUT2D eigenvalue weighted by molar-refractivity contribution is 0.229. The van der Waals surface area contributed by atoms with E-state index in [2.05, 4.69) is 40.1 Å². The van der Waals surface area contributed by atoms with E-state index in [0.717, 1.165) is 10.2 Å². The Bertz CT molecular complexity index is 383. The fraction of sp³-hybridized carbons (Fsp3) is 0.615. The molecule has 0 amide bonds. The van der Waals surface area contributed by atoms with E-state index in [0.29, 0.717) is 17.1 Å². The zero-order valence-corrected chi connectivity index (χ0v) is 12.0. The number of aromatic nitrogens is 1. The van der Waals surface area contributed by atoms with Gasteiger partial charge in [0.2, 0.25) is 0 Å². The van der Waals surface area contributed by atoms with Crippen molar-refractivity contribution in [3.05, 3.63) is 16.9 Å². The van der Waals surface area contributed by atoms with Crippen LogP contribution in [-0.4, -0.2) is 11.0 Å². The van der Waals surface area contributed by atoms with Crippen molar-refractivity contribution < 1.29 is 0 Å². The molecule has 4 heteroatoms. The number of halogens is 1. The second-order valence-corrected chi connectivity index (χ2v) is 6.54. The molecular formula is C13H20BrN3. The molecule has 0 saturated heterocycles. The topological polar surface area (TPSA) is 50.9 Å². The van der Waals surface area contributed by atoms with Gasteiger partial charge in [0.1, 0.15) is 0 Å². The van der Waals surface area contributed by atoms with Gasteiger partial charge in [-0.2, -0.15) is 0 Å². The molecule has 94 valence electrons. The molecule has 2 rings (SSSR count). The van der Waals surface area contributed by atoms with Crippen LogP contribution in [0.15, 0.2) is 16.9 Å². The maximum atomic E-state index is 5.95. The molecule has 17 heavy (non-hydrogen) atoms. The minimum Gasteiger partial charge on any atom is -0.396 e. The van der Waals surface area contributed by atoms with Crippen LogP contribution < -0.4 is 11.1 Å². The second-order valence-electron chi connectivity index (χ2n) is 5.69. The van der Waals surface area contributed by atoms with Gasteiger partial charge in [-0.3, -0.25) is 4.98 Å². The molecule has 1 unspecified atom stereocenters. The van der Waals surface area contributed by atoms with Crippen molar-refractivity contribution in [2.75, 3.05) is 11.1 Å². The Morgan fingerprint density at radius 1 is 1.47 bits per heavy atom. The number of hydrogen-bond donors (Lipinski definition) is 2. The summed E-state index contributed by atoms with van der Waals surface area (Å²) in [5.74, 6) is 0. The van der Waals surface area contributed by atoms with E-state index < -0.39 is 0 Å². The summed E-state index contributed by atoms with van der Waals surface area (Å²) < 4.78 is 0.945. The predicted molar refractivity (Wildman–Crippen MR) is 76.0 cm³/mol. The van der Waals surface area contributed by atoms with E-state index in [1.54, 1.807) is 12.4 Å². The molecule has 3 nitrogen and oxygen atoms in total. The van der Waals surface area contributed by atoms with Crippen molar-refractivity contribution in [1.29, 1.82) is 0 Å². The average Bonchev–Trinajstić information content (AvgIpc) is 2.22. The van der Waals surface area contributed by atoms with Crippen LogP contribution in [0.5, 0.6) is 0 Å². The Labute approximate surface area is 111 Å². The normalized spacial score (nSPS) is 23.4. The molecule has 0 aromatic carbocycles. The van der Waals surface area contributed by atoms with Gasteiger partial charge in [0.05, 0.1) is 22.0 Å². The lowest BCUT2D eigenvalue weighted by atomic mass is 9.75. The van der Waals surface area contributed by atoms with Gasteiger partial charge in [-0.25, -0.2) is 0 Å². The Morgan fingerprint density at radius 3 is 2.88 bits per heavy atom. The minimum absolute atomic E-state index is 0.435. The third-order valence-electron chi connectivity index (χ3n) is 3.48. The monoisotopic (exact) mass is 297 g/mol. The smallest absolute Gasteiger partial charge is 0.0752 e. The third-order valence-corrected chi connectivity index (χ3v) is 4.08. The summed E-state index contributed by atoms with van der Waals surface area (Å²) in [6.45, 7) is 4.68. The molecule has 0 radical (unpaired) electrons. The standard InChI is InChI=1S/C13H20BrN3/c1-13(2)5-3-4-9(6-13)17-12-10(14)7-16-8-11(12)15/h7-9H,3-6,15H2,1-2H3,(H,16,17). The summed E-state index contributed by atoms with van der Waals surface area (Å²) in [7, 11) is 0. The molecule has 0 aliphatic heterocycles. The number of hydrogen-bond acceptors (Lipinski definition) is 3. The Kier molecular flexibility index (Phi) is 3.61. The molecule has 1 aliphatic carbocycles. The zero-order valence-electron chi connectivity index (χ0n) is 10.5. The Morgan fingerprint density at radius 2 is 2.24 bits per heavy atom. The van der Waals surface area contributed by atoms with Gasteiger partial charge in [-0.1, -0.05) is 20.3 Å². The molecule has 1 aliphatic rings. The first kappa shape index (κ1) is 12.7. The van der Waals surface area contributed by atoms with Crippen molar-refractivity contribution in [2.45, 2.75) is 45.6 Å². The van der Waals surface area contributed by atoms with Crippen molar-refractivity contribution in [2.24, 2.45) is 5.41 Å². The predicted octanol–water partition coefficient (Wildman–Crippen LogP) is 3.81. The van der Waals surface area contributed by atoms with E-state index in [1.165, 1.54) is 25.7 Å². The number of nitrogens with two attached hydrogens (primary N) is 1. The van der Waals surface area contributed by atoms with Gasteiger partial charge < -0.3 is 11.1 Å². The fourth-order valence-corrected chi connectivity index (χ4v) is 3.09. The lowest BCUT2D eigenvalue weighted by Crippen LogP contribution is -2.32. The maximum Gasteiger partial charge on any atom is 0.0752 e. The fourth-order valence-electron chi connectivity index (χ4n) is 2.63. The summed E-state index contributed by atoms with van der Waals surface area (Å²) in [5, 5.41) is 3.56. The van der Waals surface area contributed by atoms with Crippen LogP contribution in [0.1, 0.15) is 39.5 Å². The molecule has 0 spiro atoms. The summed E-state index contributed by atoms with van der Waals surface area (Å²) in [4.78, 5) is 4.05. The highest BCUT2D eigenvalue weighted by Crippen LogP contribution is 2.38. The van der Waals surface area contributed by atoms with E-state index in [-0.39, 0.29) is 0 Å². The second kappa shape index (κ2) is 4.84. The number of pyridine rings is 1. The SMILES string of the molecule is CC1(C)CCCC(Nc2c(N)cncc2Br)C1. The van der Waals surface area contributed by atoms with E-state index >= 15 is 0 Å². The van der Waals surface area contributed by atoms with Gasteiger partial charge in [-0.05, 0) is 40.6 Å². The molecule has 3 N–H and O–H groups in total. The third kappa shape index (κ3) is 3.12. The maximum absolute atomic E-state index is 5.95. The average molecular weight is 298 g/mol. The van der Waals surface area contributed by atoms with E-state index in [4.69, 9.17) is 5.73 Å². The van der Waals surface area contributed by atoms with Crippen molar-refractivity contribution >= 4 is 27.3 Å². The van der Waals surface area contributed by atoms with Crippen LogP contribution in [0.25, 0.3) is 0 Å². The summed E-state index contributed by atoms with van der Waals surface area (Å²) in [6.07, 6.45) is 8.50. The lowest BCUT2D eigenvalue weighted by Gasteiger charge is -2.36. The number of anilines is 2. The first-order chi connectivity index (χ1) is 7.98. The van der Waals surface area contributed by atoms with Crippen LogP contribution in [0.4, 0.5) is 11.4 Å². The molecule has 1 saturated carbocycles. The van der Waals surface area contributed by atoms with E-state index in [1.807, 2.05) is 0 Å². The number of nitrogens with zero attached hydrogens (tertiary/aromatic N) is 1. The molecule has 1 aromatic rings. The molecule has 1 aromatic heterocycles. The Hall–Kier alpha value is -0.770. The van der Waals surface area contributed by atoms with Gasteiger partial charge in [0.15, 0.2) is 0 Å². The molecule has 1 atom stereocenters. The van der Waals surface area contributed by atoms with Crippen LogP contribution in [0, 0.1) is 5.41 Å². The highest BCUT2D eigenvalue weighted by molar-refractivity contribution is 9.10. The molecular weight excluding hydrogens is 278 g/mol. The van der Waals surface area contributed by atoms with Gasteiger partial charge in [-0.15, -0.1) is 0 Å². The number of nitrogens with one attached hydrogen (secondary N) is 1. The Balaban J connectivity index is 2.10. The van der Waals surface area contributed by atoms with Crippen LogP contribution in [-0.2, 0) is 0 Å². The minimum atomic E-state index is 0.435. The highest BCUT2D eigenvalue weighted by atomic mass is 79.9. The van der Waals surface area contributed by atoms with Crippen LogP contribution in [0.2, 0.25) is 0 Å². The first-order valence-corrected chi connectivity index (χ1v) is 6.93. The number of nitrogen functional groups attached to an aromatic ring is 1. The quantitative estimate of drug-likeness (QED) is 0.873. The first-order valence-electron chi connectivity index (χ1n) is 6.13. The summed E-state index contributed by atoms with van der Waals surface area (Å²) in [5.41, 5.74) is 8.09. The van der Waals surface area contributed by atoms with E-state index in [9.17, 15) is 0 Å². The van der Waals surface area contributed by atoms with Crippen LogP contribution in [0.3, 0.4) is 0 Å². The summed E-state index contributed by atoms with van der Waals surface area (Å²) >= 11 is 3.50. The molecule has 1 heterocycles. The molecule has 1 fully saturated rings. The van der Waals surface area contributed by atoms with Crippen LogP contribution >= 0.6 is 15.9 Å². The summed E-state index contributed by atoms with van der Waals surface area (Å²) in [6, 6.07) is 0.514. The van der Waals surface area contributed by atoms with Gasteiger partial charge in [0, 0.05) is 12.2 Å².